The van der Waals surface area contributed by atoms with Crippen molar-refractivity contribution in [2.75, 3.05) is 13.7 Å². The summed E-state index contributed by atoms with van der Waals surface area (Å²) in [6.07, 6.45) is 9.26. The fraction of sp³-hybridized carbons (Fsp3) is 0.780. The highest BCUT2D eigenvalue weighted by Gasteiger charge is 2.57. The number of carbonyl (C=O) groups excluding carboxylic acids is 3. The van der Waals surface area contributed by atoms with Gasteiger partial charge in [0.15, 0.2) is 12.4 Å². The van der Waals surface area contributed by atoms with Crippen LogP contribution in [0.2, 0.25) is 0 Å². The lowest BCUT2D eigenvalue weighted by Gasteiger charge is -2.51. The summed E-state index contributed by atoms with van der Waals surface area (Å²) in [4.78, 5) is 39.1. The molecule has 0 saturated carbocycles. The maximum atomic E-state index is 13.4. The lowest BCUT2D eigenvalue weighted by atomic mass is 9.74. The van der Waals surface area contributed by atoms with E-state index in [0.29, 0.717) is 25.7 Å². The van der Waals surface area contributed by atoms with Gasteiger partial charge >= 0.3 is 17.9 Å². The second-order valence-corrected chi connectivity index (χ2v) is 15.8. The minimum absolute atomic E-state index is 0.0116. The molecule has 54 heavy (non-hydrogen) atoms. The van der Waals surface area contributed by atoms with Gasteiger partial charge < -0.3 is 48.5 Å². The molecule has 3 unspecified atom stereocenters. The molecule has 0 amide bonds. The van der Waals surface area contributed by atoms with Gasteiger partial charge in [-0.05, 0) is 50.2 Å². The van der Waals surface area contributed by atoms with Crippen molar-refractivity contribution in [1.29, 1.82) is 0 Å². The third-order valence-corrected chi connectivity index (χ3v) is 10.9. The van der Waals surface area contributed by atoms with Crippen LogP contribution >= 0.6 is 0 Å². The minimum Gasteiger partial charge on any atom is -0.466 e. The van der Waals surface area contributed by atoms with Gasteiger partial charge in [-0.15, -0.1) is 6.58 Å². The van der Waals surface area contributed by atoms with Gasteiger partial charge in [-0.25, -0.2) is 4.79 Å². The lowest BCUT2D eigenvalue weighted by Crippen LogP contribution is -2.62. The van der Waals surface area contributed by atoms with Gasteiger partial charge in [-0.3, -0.25) is 9.59 Å². The van der Waals surface area contributed by atoms with E-state index in [1.807, 2.05) is 0 Å². The van der Waals surface area contributed by atoms with Gasteiger partial charge in [0.25, 0.3) is 0 Å². The Morgan fingerprint density at radius 2 is 1.69 bits per heavy atom. The van der Waals surface area contributed by atoms with Crippen molar-refractivity contribution in [3.8, 4) is 0 Å². The fourth-order valence-electron chi connectivity index (χ4n) is 7.89. The van der Waals surface area contributed by atoms with Crippen LogP contribution in [0.1, 0.15) is 124 Å². The van der Waals surface area contributed by atoms with E-state index in [2.05, 4.69) is 13.5 Å². The molecule has 13 heteroatoms. The highest BCUT2D eigenvalue weighted by atomic mass is 16.7. The molecule has 0 aliphatic carbocycles. The molecule has 4 rings (SSSR count). The highest BCUT2D eigenvalue weighted by molar-refractivity contribution is 5.83. The Kier molecular flexibility index (Phi) is 17.2. The SMILES string of the molecule is C=CC[C@H]1CC2C[C@H]3CCC[C@@H](C[C@@H](O)CC(=O)OC(CO)CC4C/C(=C\C(=O)OC)[C@H](OC(=O)CCCCCCC)[C@@](O)(O4)C(C)(C)/C=C/[C@H](O2)O1)O3. The molecule has 306 valence electrons. The molecule has 3 fully saturated rings. The van der Waals surface area contributed by atoms with E-state index in [1.54, 1.807) is 32.1 Å². The standard InChI is InChI=1S/C41H64O13/c1-6-8-9-10-11-16-35(44)53-39-27(20-36(45)48-5)19-33-25-34(26-42)50-37(46)22-28(43)21-30-14-12-15-31(49-30)24-32-23-29(13-7-2)51-38(52-32)17-18-40(3,4)41(39,47)54-33/h7,17-18,20,28-34,38-39,42-43,47H,2,6,8-16,19,21-26H2,1,3-5H3/b18-17+,27-20+/t28-,29+,30+,31-,32?,33?,34?,38+,39+,41-/m1/s1. The Hall–Kier alpha value is -2.65. The van der Waals surface area contributed by atoms with E-state index in [9.17, 15) is 29.7 Å². The maximum Gasteiger partial charge on any atom is 0.330 e. The van der Waals surface area contributed by atoms with Crippen molar-refractivity contribution < 1.29 is 62.9 Å². The smallest absolute Gasteiger partial charge is 0.330 e. The number of esters is 3. The topological polar surface area (TPSA) is 177 Å². The van der Waals surface area contributed by atoms with Crippen LogP contribution in [-0.2, 0) is 47.5 Å². The summed E-state index contributed by atoms with van der Waals surface area (Å²) in [6, 6.07) is 0. The zero-order valence-corrected chi connectivity index (χ0v) is 32.7. The zero-order chi connectivity index (χ0) is 39.3. The number of fused-ring (bicyclic) bond motifs is 6. The molecule has 6 bridgehead atoms. The van der Waals surface area contributed by atoms with Crippen molar-refractivity contribution in [2.24, 2.45) is 5.41 Å². The second-order valence-electron chi connectivity index (χ2n) is 15.8. The molecule has 0 aromatic heterocycles. The quantitative estimate of drug-likeness (QED) is 0.0816. The summed E-state index contributed by atoms with van der Waals surface area (Å²) in [5, 5.41) is 33.9. The Morgan fingerprint density at radius 3 is 2.39 bits per heavy atom. The molecule has 4 aliphatic heterocycles. The van der Waals surface area contributed by atoms with Crippen LogP contribution in [0, 0.1) is 5.41 Å². The number of unbranched alkanes of at least 4 members (excludes halogenated alkanes) is 4. The number of rotatable bonds is 11. The molecule has 4 heterocycles. The zero-order valence-electron chi connectivity index (χ0n) is 32.7. The number of aliphatic hydroxyl groups is 3. The summed E-state index contributed by atoms with van der Waals surface area (Å²) in [6.45, 7) is 8.86. The third kappa shape index (κ3) is 12.7. The van der Waals surface area contributed by atoms with Crippen molar-refractivity contribution >= 4 is 17.9 Å². The van der Waals surface area contributed by atoms with Crippen LogP contribution in [-0.4, -0.2) is 108 Å². The fourth-order valence-corrected chi connectivity index (χ4v) is 7.89. The van der Waals surface area contributed by atoms with Crippen LogP contribution in [0.15, 0.2) is 36.5 Å². The second kappa shape index (κ2) is 21.0. The van der Waals surface area contributed by atoms with Crippen molar-refractivity contribution in [3.05, 3.63) is 36.5 Å². The minimum atomic E-state index is -2.27. The van der Waals surface area contributed by atoms with E-state index < -0.39 is 66.4 Å². The van der Waals surface area contributed by atoms with Gasteiger partial charge in [0.05, 0.1) is 56.8 Å². The van der Waals surface area contributed by atoms with Gasteiger partial charge in [0.2, 0.25) is 5.79 Å². The van der Waals surface area contributed by atoms with Crippen LogP contribution in [0.25, 0.3) is 0 Å². The Bertz CT molecular complexity index is 1300. The largest absolute Gasteiger partial charge is 0.466 e. The summed E-state index contributed by atoms with van der Waals surface area (Å²) in [5.41, 5.74) is -1.08. The Morgan fingerprint density at radius 1 is 0.963 bits per heavy atom. The number of hydrogen-bond donors (Lipinski definition) is 3. The first-order chi connectivity index (χ1) is 25.8. The average molecular weight is 765 g/mol. The molecule has 0 spiro atoms. The Balaban J connectivity index is 1.72. The number of carbonyl (C=O) groups is 3. The summed E-state index contributed by atoms with van der Waals surface area (Å²) >= 11 is 0. The normalized spacial score (nSPS) is 36.3. The molecule has 3 saturated heterocycles. The van der Waals surface area contributed by atoms with E-state index in [1.165, 1.54) is 13.2 Å². The Labute approximate surface area is 320 Å². The first-order valence-electron chi connectivity index (χ1n) is 19.9. The average Bonchev–Trinajstić information content (AvgIpc) is 3.11. The molecule has 13 nitrogen and oxygen atoms in total. The van der Waals surface area contributed by atoms with Gasteiger partial charge in [0.1, 0.15) is 6.10 Å². The van der Waals surface area contributed by atoms with Gasteiger partial charge in [-0.2, -0.15) is 0 Å². The molecule has 4 aliphatic rings. The van der Waals surface area contributed by atoms with Gasteiger partial charge in [0, 0.05) is 43.6 Å². The van der Waals surface area contributed by atoms with Crippen molar-refractivity contribution in [3.63, 3.8) is 0 Å². The van der Waals surface area contributed by atoms with E-state index >= 15 is 0 Å². The van der Waals surface area contributed by atoms with E-state index in [4.69, 9.17) is 33.2 Å². The monoisotopic (exact) mass is 764 g/mol. The summed E-state index contributed by atoms with van der Waals surface area (Å²) < 4.78 is 42.2. The molecular formula is C41H64O13. The molecule has 10 atom stereocenters. The third-order valence-electron chi connectivity index (χ3n) is 10.9. The molecular weight excluding hydrogens is 700 g/mol. The molecule has 0 aromatic carbocycles. The van der Waals surface area contributed by atoms with E-state index in [-0.39, 0.29) is 62.1 Å². The number of ether oxygens (including phenoxy) is 7. The van der Waals surface area contributed by atoms with Gasteiger partial charge in [-0.1, -0.05) is 58.6 Å². The maximum absolute atomic E-state index is 13.4. The van der Waals surface area contributed by atoms with E-state index in [0.717, 1.165) is 44.9 Å². The lowest BCUT2D eigenvalue weighted by molar-refractivity contribution is -0.327. The van der Waals surface area contributed by atoms with Crippen LogP contribution < -0.4 is 0 Å². The summed E-state index contributed by atoms with van der Waals surface area (Å²) in [7, 11) is 1.22. The number of hydrogen-bond acceptors (Lipinski definition) is 13. The number of aliphatic hydroxyl groups excluding tert-OH is 2. The number of cyclic esters (lactones) is 1. The summed E-state index contributed by atoms with van der Waals surface area (Å²) in [5.74, 6) is -4.26. The molecule has 3 N–H and O–H groups in total. The first-order valence-corrected chi connectivity index (χ1v) is 19.9. The first kappa shape index (κ1) is 44.1. The van der Waals surface area contributed by atoms with Crippen LogP contribution in [0.3, 0.4) is 0 Å². The molecule has 0 aromatic rings. The molecule has 0 radical (unpaired) electrons. The predicted octanol–water partition coefficient (Wildman–Crippen LogP) is 5.27. The van der Waals surface area contributed by atoms with Crippen LogP contribution in [0.4, 0.5) is 0 Å². The van der Waals surface area contributed by atoms with Crippen LogP contribution in [0.5, 0.6) is 0 Å². The predicted molar refractivity (Wildman–Crippen MR) is 198 cm³/mol. The highest BCUT2D eigenvalue weighted by Crippen LogP contribution is 2.47. The van der Waals surface area contributed by atoms with Crippen molar-refractivity contribution in [2.45, 2.75) is 184 Å². The number of methoxy groups -OCH3 is 1. The van der Waals surface area contributed by atoms with Crippen molar-refractivity contribution in [1.82, 2.24) is 0 Å².